The molecule has 0 spiro atoms. The fraction of sp³-hybridized carbons (Fsp3) is 0.692. The highest BCUT2D eigenvalue weighted by Crippen LogP contribution is 2.22. The van der Waals surface area contributed by atoms with Gasteiger partial charge in [-0.2, -0.15) is 4.98 Å². The molecule has 110 valence electrons. The Morgan fingerprint density at radius 2 is 2.15 bits per heavy atom. The molecular formula is C13H20N4O3. The van der Waals surface area contributed by atoms with Crippen LogP contribution in [0.15, 0.2) is 10.9 Å². The predicted octanol–water partition coefficient (Wildman–Crippen LogP) is 0.519. The lowest BCUT2D eigenvalue weighted by molar-refractivity contribution is -0.139. The van der Waals surface area contributed by atoms with Crippen molar-refractivity contribution >= 4 is 11.8 Å². The van der Waals surface area contributed by atoms with E-state index in [1.54, 1.807) is 4.90 Å². The summed E-state index contributed by atoms with van der Waals surface area (Å²) in [6.07, 6.45) is 3.35. The Labute approximate surface area is 117 Å². The number of carbonyl (C=O) groups is 2. The fourth-order valence-corrected chi connectivity index (χ4v) is 2.50. The van der Waals surface area contributed by atoms with E-state index in [1.165, 1.54) is 6.33 Å². The third kappa shape index (κ3) is 2.81. The Balaban J connectivity index is 2.11. The molecule has 2 rings (SSSR count). The Bertz CT molecular complexity index is 468. The largest absolute Gasteiger partial charge is 0.342 e. The molecule has 1 N–H and O–H groups in total. The van der Waals surface area contributed by atoms with Crippen molar-refractivity contribution < 1.29 is 14.1 Å². The second kappa shape index (κ2) is 6.02. The maximum Gasteiger partial charge on any atom is 0.248 e. The molecule has 7 nitrogen and oxygen atoms in total. The molecule has 0 atom stereocenters. The van der Waals surface area contributed by atoms with Crippen LogP contribution in [-0.4, -0.2) is 45.5 Å². The van der Waals surface area contributed by atoms with Crippen LogP contribution in [0.2, 0.25) is 0 Å². The molecule has 1 fully saturated rings. The zero-order valence-electron chi connectivity index (χ0n) is 11.9. The van der Waals surface area contributed by atoms with Crippen molar-refractivity contribution in [3.8, 4) is 0 Å². The van der Waals surface area contributed by atoms with E-state index in [9.17, 15) is 9.59 Å². The average Bonchev–Trinajstić information content (AvgIpc) is 2.93. The predicted molar refractivity (Wildman–Crippen MR) is 70.7 cm³/mol. The molecule has 0 aromatic carbocycles. The van der Waals surface area contributed by atoms with Crippen molar-refractivity contribution in [2.24, 2.45) is 0 Å². The molecule has 0 bridgehead atoms. The van der Waals surface area contributed by atoms with E-state index in [0.717, 1.165) is 0 Å². The molecule has 1 saturated heterocycles. The molecule has 2 heterocycles. The third-order valence-electron chi connectivity index (χ3n) is 3.89. The first kappa shape index (κ1) is 14.5. The molecule has 1 aromatic rings. The van der Waals surface area contributed by atoms with E-state index < -0.39 is 5.54 Å². The van der Waals surface area contributed by atoms with Gasteiger partial charge in [-0.25, -0.2) is 0 Å². The highest BCUT2D eigenvalue weighted by Gasteiger charge is 2.41. The number of nitrogens with zero attached hydrogens (tertiary/aromatic N) is 3. The highest BCUT2D eigenvalue weighted by molar-refractivity contribution is 5.93. The lowest BCUT2D eigenvalue weighted by Gasteiger charge is -2.33. The zero-order valence-corrected chi connectivity index (χ0v) is 11.9. The Morgan fingerprint density at radius 3 is 2.75 bits per heavy atom. The summed E-state index contributed by atoms with van der Waals surface area (Å²) in [5.74, 6) is 0.412. The normalized spacial score (nSPS) is 18.8. The van der Waals surface area contributed by atoms with Crippen LogP contribution in [0.3, 0.4) is 0 Å². The molecule has 1 aliphatic rings. The summed E-state index contributed by atoms with van der Waals surface area (Å²) in [5.41, 5.74) is -0.775. The van der Waals surface area contributed by atoms with E-state index in [-0.39, 0.29) is 11.8 Å². The molecule has 0 aliphatic carbocycles. The Morgan fingerprint density at radius 1 is 1.40 bits per heavy atom. The van der Waals surface area contributed by atoms with Crippen molar-refractivity contribution in [1.82, 2.24) is 20.4 Å². The van der Waals surface area contributed by atoms with Crippen LogP contribution >= 0.6 is 0 Å². The fourth-order valence-electron chi connectivity index (χ4n) is 2.50. The first-order valence-electron chi connectivity index (χ1n) is 6.97. The molecule has 2 amide bonds. The average molecular weight is 280 g/mol. The molecule has 0 unspecified atom stereocenters. The minimum absolute atomic E-state index is 0.0205. The summed E-state index contributed by atoms with van der Waals surface area (Å²) in [6.45, 7) is 4.75. The number of rotatable bonds is 5. The summed E-state index contributed by atoms with van der Waals surface area (Å²) < 4.78 is 4.94. The van der Waals surface area contributed by atoms with Crippen LogP contribution in [-0.2, 0) is 16.0 Å². The monoisotopic (exact) mass is 280 g/mol. The van der Waals surface area contributed by atoms with Gasteiger partial charge in [0.05, 0.1) is 0 Å². The smallest absolute Gasteiger partial charge is 0.248 e. The maximum atomic E-state index is 12.7. The Kier molecular flexibility index (Phi) is 4.36. The lowest BCUT2D eigenvalue weighted by Crippen LogP contribution is -2.56. The van der Waals surface area contributed by atoms with E-state index in [4.69, 9.17) is 4.52 Å². The first-order chi connectivity index (χ1) is 9.61. The molecule has 7 heteroatoms. The molecule has 1 aromatic heterocycles. The second-order valence-electron chi connectivity index (χ2n) is 4.96. The molecule has 0 saturated carbocycles. The number of aromatic nitrogens is 2. The van der Waals surface area contributed by atoms with Crippen LogP contribution in [0, 0.1) is 0 Å². The van der Waals surface area contributed by atoms with Crippen molar-refractivity contribution in [3.05, 3.63) is 12.2 Å². The number of hydrogen-bond donors (Lipinski definition) is 1. The molecule has 0 radical (unpaired) electrons. The maximum absolute atomic E-state index is 12.7. The molecular weight excluding hydrogens is 260 g/mol. The third-order valence-corrected chi connectivity index (χ3v) is 3.89. The van der Waals surface area contributed by atoms with Gasteiger partial charge in [0.2, 0.25) is 17.7 Å². The van der Waals surface area contributed by atoms with Gasteiger partial charge < -0.3 is 14.7 Å². The first-order valence-corrected chi connectivity index (χ1v) is 6.97. The van der Waals surface area contributed by atoms with Gasteiger partial charge in [-0.05, 0) is 12.8 Å². The number of hydrogen-bond acceptors (Lipinski definition) is 5. The number of nitrogens with one attached hydrogen (secondary N) is 1. The summed E-state index contributed by atoms with van der Waals surface area (Å²) >= 11 is 0. The van der Waals surface area contributed by atoms with Crippen molar-refractivity contribution in [1.29, 1.82) is 0 Å². The van der Waals surface area contributed by atoms with Gasteiger partial charge in [0, 0.05) is 25.9 Å². The van der Waals surface area contributed by atoms with E-state index in [0.29, 0.717) is 44.7 Å². The summed E-state index contributed by atoms with van der Waals surface area (Å²) in [5, 5.41) is 6.42. The van der Waals surface area contributed by atoms with Gasteiger partial charge in [-0.15, -0.1) is 0 Å². The van der Waals surface area contributed by atoms with E-state index in [2.05, 4.69) is 15.5 Å². The van der Waals surface area contributed by atoms with Gasteiger partial charge in [-0.1, -0.05) is 19.0 Å². The van der Waals surface area contributed by atoms with Crippen LogP contribution < -0.4 is 5.32 Å². The minimum Gasteiger partial charge on any atom is -0.342 e. The molecule has 20 heavy (non-hydrogen) atoms. The van der Waals surface area contributed by atoms with Crippen LogP contribution in [0.25, 0.3) is 0 Å². The second-order valence-corrected chi connectivity index (χ2v) is 4.96. The minimum atomic E-state index is -0.775. The van der Waals surface area contributed by atoms with Crippen LogP contribution in [0.4, 0.5) is 0 Å². The van der Waals surface area contributed by atoms with Gasteiger partial charge in [0.1, 0.15) is 5.54 Å². The SMILES string of the molecule is CCC1(CC)NC(=O)CCN(CCc2ncno2)C1=O. The van der Waals surface area contributed by atoms with Crippen molar-refractivity contribution in [2.75, 3.05) is 13.1 Å². The van der Waals surface area contributed by atoms with E-state index in [1.807, 2.05) is 13.8 Å². The van der Waals surface area contributed by atoms with Gasteiger partial charge in [0.15, 0.2) is 6.33 Å². The molecule has 1 aliphatic heterocycles. The number of amides is 2. The highest BCUT2D eigenvalue weighted by atomic mass is 16.5. The van der Waals surface area contributed by atoms with Crippen molar-refractivity contribution in [2.45, 2.75) is 45.1 Å². The zero-order chi connectivity index (χ0) is 14.6. The van der Waals surface area contributed by atoms with Gasteiger partial charge in [0.25, 0.3) is 0 Å². The number of carbonyl (C=O) groups excluding carboxylic acids is 2. The van der Waals surface area contributed by atoms with E-state index >= 15 is 0 Å². The quantitative estimate of drug-likeness (QED) is 0.849. The van der Waals surface area contributed by atoms with Gasteiger partial charge >= 0.3 is 0 Å². The Hall–Kier alpha value is -1.92. The van der Waals surface area contributed by atoms with Crippen LogP contribution in [0.5, 0.6) is 0 Å². The standard InChI is InChI=1S/C13H20N4O3/c1-3-13(4-2)12(19)17(7-5-10(18)16-13)8-6-11-14-9-15-20-11/h9H,3-8H2,1-2H3,(H,16,18). The van der Waals surface area contributed by atoms with Crippen LogP contribution in [0.1, 0.15) is 39.0 Å². The lowest BCUT2D eigenvalue weighted by atomic mass is 9.91. The van der Waals surface area contributed by atoms with Gasteiger partial charge in [-0.3, -0.25) is 9.59 Å². The summed E-state index contributed by atoms with van der Waals surface area (Å²) in [6, 6.07) is 0. The summed E-state index contributed by atoms with van der Waals surface area (Å²) in [7, 11) is 0. The summed E-state index contributed by atoms with van der Waals surface area (Å²) in [4.78, 5) is 30.1. The van der Waals surface area contributed by atoms with Crippen molar-refractivity contribution in [3.63, 3.8) is 0 Å². The topological polar surface area (TPSA) is 88.3 Å².